The molecule has 0 spiro atoms. The fourth-order valence-electron chi connectivity index (χ4n) is 5.90. The van der Waals surface area contributed by atoms with Crippen molar-refractivity contribution in [2.75, 3.05) is 0 Å². The van der Waals surface area contributed by atoms with Crippen LogP contribution >= 0.6 is 0 Å². The highest BCUT2D eigenvalue weighted by atomic mass is 16.3. The molecular formula is C24H34N2O2. The molecule has 0 saturated heterocycles. The fourth-order valence-corrected chi connectivity index (χ4v) is 5.90. The molecular weight excluding hydrogens is 348 g/mol. The summed E-state index contributed by atoms with van der Waals surface area (Å²) in [7, 11) is 0. The van der Waals surface area contributed by atoms with Gasteiger partial charge in [0.1, 0.15) is 11.5 Å². The van der Waals surface area contributed by atoms with Crippen LogP contribution < -0.4 is 11.5 Å². The topological polar surface area (TPSA) is 92.5 Å². The van der Waals surface area contributed by atoms with Crippen LogP contribution in [-0.2, 0) is 0 Å². The van der Waals surface area contributed by atoms with Crippen molar-refractivity contribution in [3.63, 3.8) is 0 Å². The molecule has 2 saturated carbocycles. The highest BCUT2D eigenvalue weighted by Crippen LogP contribution is 2.47. The van der Waals surface area contributed by atoms with E-state index in [-0.39, 0.29) is 23.6 Å². The van der Waals surface area contributed by atoms with Crippen LogP contribution in [0.4, 0.5) is 0 Å². The minimum absolute atomic E-state index is 0.164. The standard InChI is InChI=1S/C24H34N2O2/c1-13-5-3-7-15(13)22(25)19-10-9-17-18(24(19)28)11-12-20(27)21(17)23(26)16-8-4-6-14(16)2/h9-16,22-23,27-28H,3-8,25-26H2,1-2H3. The second kappa shape index (κ2) is 7.57. The maximum Gasteiger partial charge on any atom is 0.128 e. The number of phenolic OH excluding ortho intramolecular Hbond substituents is 2. The van der Waals surface area contributed by atoms with Crippen LogP contribution in [0.5, 0.6) is 11.5 Å². The highest BCUT2D eigenvalue weighted by Gasteiger charge is 2.34. The normalized spacial score (nSPS) is 30.0. The van der Waals surface area contributed by atoms with Crippen LogP contribution in [0, 0.1) is 23.7 Å². The first-order chi connectivity index (χ1) is 13.4. The zero-order valence-corrected chi connectivity index (χ0v) is 17.1. The highest BCUT2D eigenvalue weighted by molar-refractivity contribution is 5.94. The van der Waals surface area contributed by atoms with Crippen LogP contribution in [0.1, 0.15) is 75.6 Å². The van der Waals surface area contributed by atoms with Crippen molar-refractivity contribution in [2.45, 2.75) is 64.5 Å². The molecule has 0 bridgehead atoms. The quantitative estimate of drug-likeness (QED) is 0.590. The number of fused-ring (bicyclic) bond motifs is 1. The smallest absolute Gasteiger partial charge is 0.128 e. The van der Waals surface area contributed by atoms with Gasteiger partial charge in [0.25, 0.3) is 0 Å². The van der Waals surface area contributed by atoms with E-state index < -0.39 is 0 Å². The molecule has 4 rings (SSSR count). The fraction of sp³-hybridized carbons (Fsp3) is 0.583. The van der Waals surface area contributed by atoms with Crippen LogP contribution in [-0.4, -0.2) is 10.2 Å². The molecule has 0 aliphatic heterocycles. The van der Waals surface area contributed by atoms with Crippen molar-refractivity contribution in [1.82, 2.24) is 0 Å². The van der Waals surface area contributed by atoms with Crippen molar-refractivity contribution in [3.05, 3.63) is 35.4 Å². The number of benzene rings is 2. The third kappa shape index (κ3) is 3.17. The minimum atomic E-state index is -0.227. The number of hydrogen-bond donors (Lipinski definition) is 4. The van der Waals surface area contributed by atoms with Crippen LogP contribution in [0.15, 0.2) is 24.3 Å². The van der Waals surface area contributed by atoms with E-state index >= 15 is 0 Å². The Kier molecular flexibility index (Phi) is 5.28. The molecule has 28 heavy (non-hydrogen) atoms. The summed E-state index contributed by atoms with van der Waals surface area (Å²) in [6.07, 6.45) is 7.00. The van der Waals surface area contributed by atoms with E-state index in [2.05, 4.69) is 13.8 Å². The summed E-state index contributed by atoms with van der Waals surface area (Å²) in [5.41, 5.74) is 14.8. The molecule has 2 aliphatic carbocycles. The van der Waals surface area contributed by atoms with Gasteiger partial charge in [0.2, 0.25) is 0 Å². The van der Waals surface area contributed by atoms with E-state index in [0.717, 1.165) is 34.7 Å². The van der Waals surface area contributed by atoms with Crippen molar-refractivity contribution in [2.24, 2.45) is 35.1 Å². The lowest BCUT2D eigenvalue weighted by molar-refractivity contribution is 0.341. The Hall–Kier alpha value is -1.78. The lowest BCUT2D eigenvalue weighted by Gasteiger charge is -2.27. The van der Waals surface area contributed by atoms with Gasteiger partial charge in [-0.25, -0.2) is 0 Å². The molecule has 0 amide bonds. The second-order valence-electron chi connectivity index (χ2n) is 9.29. The Labute approximate surface area is 167 Å². The summed E-state index contributed by atoms with van der Waals surface area (Å²) in [5, 5.41) is 23.3. The number of nitrogens with two attached hydrogens (primary N) is 2. The molecule has 0 aromatic heterocycles. The molecule has 152 valence electrons. The second-order valence-corrected chi connectivity index (χ2v) is 9.29. The zero-order valence-electron chi connectivity index (χ0n) is 17.1. The van der Waals surface area contributed by atoms with Gasteiger partial charge in [-0.05, 0) is 54.0 Å². The lowest BCUT2D eigenvalue weighted by Crippen LogP contribution is -2.24. The van der Waals surface area contributed by atoms with Gasteiger partial charge in [-0.15, -0.1) is 0 Å². The Morgan fingerprint density at radius 2 is 1.36 bits per heavy atom. The summed E-state index contributed by atoms with van der Waals surface area (Å²) in [4.78, 5) is 0. The average Bonchev–Trinajstić information content (AvgIpc) is 3.29. The number of rotatable bonds is 4. The Bertz CT molecular complexity index is 865. The largest absolute Gasteiger partial charge is 0.508 e. The molecule has 2 aromatic rings. The van der Waals surface area contributed by atoms with E-state index in [1.54, 1.807) is 12.1 Å². The van der Waals surface area contributed by atoms with Gasteiger partial charge in [-0.3, -0.25) is 0 Å². The molecule has 2 aromatic carbocycles. The number of hydrogen-bond acceptors (Lipinski definition) is 4. The number of phenols is 2. The summed E-state index contributed by atoms with van der Waals surface area (Å²) in [6.45, 7) is 4.50. The van der Waals surface area contributed by atoms with Crippen LogP contribution in [0.25, 0.3) is 10.8 Å². The molecule has 6 atom stereocenters. The summed E-state index contributed by atoms with van der Waals surface area (Å²) >= 11 is 0. The molecule has 4 heteroatoms. The van der Waals surface area contributed by atoms with Gasteiger partial charge in [-0.1, -0.05) is 51.7 Å². The van der Waals surface area contributed by atoms with Gasteiger partial charge in [0, 0.05) is 28.6 Å². The van der Waals surface area contributed by atoms with Gasteiger partial charge < -0.3 is 21.7 Å². The van der Waals surface area contributed by atoms with E-state index in [0.29, 0.717) is 23.7 Å². The van der Waals surface area contributed by atoms with Gasteiger partial charge in [0.05, 0.1) is 0 Å². The first-order valence-corrected chi connectivity index (χ1v) is 10.9. The average molecular weight is 383 g/mol. The third-order valence-corrected chi connectivity index (χ3v) is 7.69. The first-order valence-electron chi connectivity index (χ1n) is 10.9. The summed E-state index contributed by atoms with van der Waals surface area (Å²) in [6, 6.07) is 7.02. The molecule has 2 fully saturated rings. The molecule has 0 heterocycles. The maximum absolute atomic E-state index is 11.1. The molecule has 4 nitrogen and oxygen atoms in total. The Morgan fingerprint density at radius 1 is 0.786 bits per heavy atom. The lowest BCUT2D eigenvalue weighted by atomic mass is 9.82. The zero-order chi connectivity index (χ0) is 20.0. The predicted octanol–water partition coefficient (Wildman–Crippen LogP) is 5.12. The van der Waals surface area contributed by atoms with Crippen molar-refractivity contribution >= 4 is 10.8 Å². The van der Waals surface area contributed by atoms with Crippen molar-refractivity contribution in [1.29, 1.82) is 0 Å². The van der Waals surface area contributed by atoms with Crippen LogP contribution in [0.2, 0.25) is 0 Å². The van der Waals surface area contributed by atoms with Crippen molar-refractivity contribution in [3.8, 4) is 11.5 Å². The van der Waals surface area contributed by atoms with Crippen LogP contribution in [0.3, 0.4) is 0 Å². The predicted molar refractivity (Wildman–Crippen MR) is 114 cm³/mol. The monoisotopic (exact) mass is 382 g/mol. The minimum Gasteiger partial charge on any atom is -0.508 e. The maximum atomic E-state index is 11.1. The van der Waals surface area contributed by atoms with E-state index in [1.807, 2.05) is 12.1 Å². The molecule has 6 unspecified atom stereocenters. The van der Waals surface area contributed by atoms with Gasteiger partial charge in [-0.2, -0.15) is 0 Å². The Balaban J connectivity index is 1.76. The molecule has 0 radical (unpaired) electrons. The summed E-state index contributed by atoms with van der Waals surface area (Å²) < 4.78 is 0. The molecule has 2 aliphatic rings. The van der Waals surface area contributed by atoms with Gasteiger partial charge in [0.15, 0.2) is 0 Å². The van der Waals surface area contributed by atoms with E-state index in [1.165, 1.54) is 25.7 Å². The van der Waals surface area contributed by atoms with E-state index in [4.69, 9.17) is 11.5 Å². The summed E-state index contributed by atoms with van der Waals surface area (Å²) in [5.74, 6) is 2.37. The van der Waals surface area contributed by atoms with Crippen molar-refractivity contribution < 1.29 is 10.2 Å². The van der Waals surface area contributed by atoms with E-state index in [9.17, 15) is 10.2 Å². The SMILES string of the molecule is CC1CCCC1C(N)c1ccc2c(C(N)C3CCCC3C)c(O)ccc2c1O. The van der Waals surface area contributed by atoms with Gasteiger partial charge >= 0.3 is 0 Å². The molecule has 6 N–H and O–H groups in total. The Morgan fingerprint density at radius 3 is 1.93 bits per heavy atom. The first kappa shape index (κ1) is 19.5. The third-order valence-electron chi connectivity index (χ3n) is 7.69. The number of aromatic hydroxyl groups is 2.